The minimum atomic E-state index is -2.51. The minimum Gasteiger partial charge on any atom is -0.497 e. The van der Waals surface area contributed by atoms with E-state index in [1.54, 1.807) is 45.9 Å². The van der Waals surface area contributed by atoms with Gasteiger partial charge in [-0.2, -0.15) is 0 Å². The summed E-state index contributed by atoms with van der Waals surface area (Å²) in [5, 5.41) is 30.2. The number of aliphatic hydroxyl groups excluding tert-OH is 1. The fourth-order valence-corrected chi connectivity index (χ4v) is 10.9. The van der Waals surface area contributed by atoms with E-state index in [1.807, 2.05) is 33.9 Å². The number of ether oxygens (including phenoxy) is 1. The molecule has 1 aromatic heterocycles. The number of fused-ring (bicyclic) bond motifs is 5. The molecule has 3 aliphatic heterocycles. The average molecular weight is 1020 g/mol. The Bertz CT molecular complexity index is 2340. The van der Waals surface area contributed by atoms with Gasteiger partial charge in [-0.05, 0) is 48.7 Å². The van der Waals surface area contributed by atoms with Crippen molar-refractivity contribution < 1.29 is 57.4 Å². The average Bonchev–Trinajstić information content (AvgIpc) is 3.85. The van der Waals surface area contributed by atoms with Gasteiger partial charge in [0, 0.05) is 48.6 Å². The standard InChI is InChI=1S/C46H70N10O12SSi/c1-11-22(2)37-42(64)49-18-35(59)50-32-21-69-44-28(27-13-12-26(67-8)15-29(27)53-44)16-30(39(61)48-19-36(60)54-37)51-43(65)38(23(3)24(4)68-70(9,10)46(5,6)7)55-41(63)33-14-25(57)20-56(33)45(66)31(17-34(47)58)52-40(32)62/h12-13,15,22-25,30-33,37-38,53,57H,11,14,16-21H2,1-10H3,(H2,47,58)(H,48,61)(H,49,64)(H,50,59)(H,51,65)(H,52,62)(H,54,60)(H,55,63)/t22-,23-,24?,25+,30-,31?,32?,33?,37-,38+/m0/s1. The lowest BCUT2D eigenvalue weighted by Crippen LogP contribution is -2.62. The normalized spacial score (nSPS) is 26.5. The van der Waals surface area contributed by atoms with Crippen molar-refractivity contribution in [3.63, 3.8) is 0 Å². The third-order valence-electron chi connectivity index (χ3n) is 13.8. The number of thioether (sulfide) groups is 1. The molecular weight excluding hydrogens is 945 g/mol. The zero-order valence-electron chi connectivity index (χ0n) is 41.5. The molecule has 22 nitrogen and oxygen atoms in total. The SMILES string of the molecule is CC[C@H](C)[C@@H]1NC(=O)CNC(=O)[C@@H]2Cc3c([nH]c4cc(OC)ccc34)SCC(NC(=O)CNC1=O)C(=O)NC(CC(N)=O)C(=O)N1C[C@H](O)CC1C(=O)N[C@H]([C@@H](C)C(C)O[Si](C)(C)C(C)(C)C)C(=O)N2. The van der Waals surface area contributed by atoms with E-state index in [-0.39, 0.29) is 23.6 Å². The monoisotopic (exact) mass is 1010 g/mol. The van der Waals surface area contributed by atoms with Crippen LogP contribution in [0.4, 0.5) is 0 Å². The van der Waals surface area contributed by atoms with Crippen LogP contribution in [-0.2, 0) is 54.0 Å². The number of aliphatic hydroxyl groups is 1. The molecule has 4 unspecified atom stereocenters. The first kappa shape index (κ1) is 55.2. The van der Waals surface area contributed by atoms with Crippen molar-refractivity contribution in [3.8, 4) is 5.75 Å². The molecule has 11 N–H and O–H groups in total. The highest BCUT2D eigenvalue weighted by Crippen LogP contribution is 2.39. The first-order valence-corrected chi connectivity index (χ1v) is 27.5. The highest BCUT2D eigenvalue weighted by atomic mass is 32.2. The lowest BCUT2D eigenvalue weighted by atomic mass is 9.94. The van der Waals surface area contributed by atoms with Gasteiger partial charge in [0.1, 0.15) is 42.0 Å². The van der Waals surface area contributed by atoms with Crippen LogP contribution in [0.15, 0.2) is 23.2 Å². The van der Waals surface area contributed by atoms with Crippen LogP contribution in [0.3, 0.4) is 0 Å². The predicted octanol–water partition coefficient (Wildman–Crippen LogP) is -0.576. The number of primary amides is 1. The lowest BCUT2D eigenvalue weighted by Gasteiger charge is -2.41. The predicted molar refractivity (Wildman–Crippen MR) is 261 cm³/mol. The van der Waals surface area contributed by atoms with E-state index in [1.165, 1.54) is 7.11 Å². The molecule has 10 atom stereocenters. The van der Waals surface area contributed by atoms with E-state index in [0.29, 0.717) is 33.7 Å². The number of benzene rings is 1. The fourth-order valence-electron chi connectivity index (χ4n) is 8.31. The summed E-state index contributed by atoms with van der Waals surface area (Å²) in [6, 6.07) is -3.50. The van der Waals surface area contributed by atoms with Crippen molar-refractivity contribution in [1.82, 2.24) is 47.1 Å². The largest absolute Gasteiger partial charge is 0.497 e. The number of H-pyrrole nitrogens is 1. The van der Waals surface area contributed by atoms with E-state index < -0.39 is 148 Å². The van der Waals surface area contributed by atoms with E-state index in [4.69, 9.17) is 14.9 Å². The molecule has 0 radical (unpaired) electrons. The summed E-state index contributed by atoms with van der Waals surface area (Å²) < 4.78 is 12.2. The van der Waals surface area contributed by atoms with Crippen LogP contribution in [0.5, 0.6) is 5.75 Å². The van der Waals surface area contributed by atoms with E-state index in [0.717, 1.165) is 16.7 Å². The van der Waals surface area contributed by atoms with Crippen LogP contribution < -0.4 is 47.7 Å². The zero-order chi connectivity index (χ0) is 52.0. The molecule has 386 valence electrons. The maximum absolute atomic E-state index is 15.1. The van der Waals surface area contributed by atoms with Crippen molar-refractivity contribution in [2.24, 2.45) is 17.6 Å². The molecule has 1 fully saturated rings. The molecular formula is C46H70N10O12SSi. The molecule has 2 aromatic rings. The number of aromatic nitrogens is 1. The highest BCUT2D eigenvalue weighted by molar-refractivity contribution is 7.99. The summed E-state index contributed by atoms with van der Waals surface area (Å²) in [7, 11) is -1.03. The van der Waals surface area contributed by atoms with Crippen LogP contribution in [0.25, 0.3) is 10.9 Å². The van der Waals surface area contributed by atoms with Gasteiger partial charge in [-0.15, -0.1) is 11.8 Å². The Labute approximate surface area is 412 Å². The minimum absolute atomic E-state index is 0.224. The summed E-state index contributed by atoms with van der Waals surface area (Å²) in [6.07, 6.45) is -2.72. The maximum atomic E-state index is 15.1. The van der Waals surface area contributed by atoms with Crippen molar-refractivity contribution >= 4 is 84.1 Å². The van der Waals surface area contributed by atoms with Gasteiger partial charge in [-0.25, -0.2) is 0 Å². The van der Waals surface area contributed by atoms with Gasteiger partial charge in [-0.1, -0.05) is 48.0 Å². The van der Waals surface area contributed by atoms with E-state index in [2.05, 4.69) is 42.2 Å². The van der Waals surface area contributed by atoms with Crippen LogP contribution in [0.1, 0.15) is 73.3 Å². The van der Waals surface area contributed by atoms with E-state index >= 15 is 4.79 Å². The Morgan fingerprint density at radius 3 is 2.16 bits per heavy atom. The first-order valence-electron chi connectivity index (χ1n) is 23.6. The van der Waals surface area contributed by atoms with Gasteiger partial charge < -0.3 is 67.1 Å². The van der Waals surface area contributed by atoms with Crippen molar-refractivity contribution in [2.45, 2.75) is 146 Å². The van der Waals surface area contributed by atoms with Crippen LogP contribution >= 0.6 is 11.8 Å². The third-order valence-corrected chi connectivity index (χ3v) is 19.5. The van der Waals surface area contributed by atoms with Crippen molar-refractivity contribution in [2.75, 3.05) is 32.5 Å². The Morgan fingerprint density at radius 2 is 1.53 bits per heavy atom. The molecule has 0 spiro atoms. The number of methoxy groups -OCH3 is 1. The van der Waals surface area contributed by atoms with Crippen molar-refractivity contribution in [3.05, 3.63) is 23.8 Å². The highest BCUT2D eigenvalue weighted by Gasteiger charge is 2.46. The Hall–Kier alpha value is -5.72. The lowest BCUT2D eigenvalue weighted by molar-refractivity contribution is -0.144. The van der Waals surface area contributed by atoms with Crippen LogP contribution in [0.2, 0.25) is 18.1 Å². The number of hydrogen-bond donors (Lipinski definition) is 10. The van der Waals surface area contributed by atoms with Gasteiger partial charge in [0.2, 0.25) is 53.2 Å². The van der Waals surface area contributed by atoms with Gasteiger partial charge in [0.25, 0.3) is 0 Å². The Balaban J connectivity index is 1.73. The molecule has 70 heavy (non-hydrogen) atoms. The number of aromatic amines is 1. The van der Waals surface area contributed by atoms with Crippen molar-refractivity contribution in [1.29, 1.82) is 0 Å². The molecule has 0 aliphatic carbocycles. The number of amides is 9. The van der Waals surface area contributed by atoms with E-state index in [9.17, 15) is 43.5 Å². The van der Waals surface area contributed by atoms with Gasteiger partial charge in [0.15, 0.2) is 8.32 Å². The quantitative estimate of drug-likeness (QED) is 0.141. The molecule has 1 aromatic carbocycles. The number of hydrogen-bond acceptors (Lipinski definition) is 13. The second-order valence-electron chi connectivity index (χ2n) is 20.0. The molecule has 1 saturated heterocycles. The molecule has 3 aliphatic rings. The van der Waals surface area contributed by atoms with Gasteiger partial charge in [0.05, 0.1) is 43.3 Å². The van der Waals surface area contributed by atoms with Gasteiger partial charge >= 0.3 is 0 Å². The topological polar surface area (TPSA) is 322 Å². The number of nitrogens with zero attached hydrogens (tertiary/aromatic N) is 1. The maximum Gasteiger partial charge on any atom is 0.246 e. The summed E-state index contributed by atoms with van der Waals surface area (Å²) in [5.74, 6) is -8.66. The number of nitrogens with two attached hydrogens (primary N) is 1. The second kappa shape index (κ2) is 23.0. The molecule has 9 amide bonds. The fraction of sp³-hybridized carbons (Fsp3) is 0.630. The Kier molecular flexibility index (Phi) is 18.1. The second-order valence-corrected chi connectivity index (χ2v) is 25.7. The molecule has 0 saturated carbocycles. The smallest absolute Gasteiger partial charge is 0.246 e. The number of carbonyl (C=O) groups excluding carboxylic acids is 9. The zero-order valence-corrected chi connectivity index (χ0v) is 43.3. The van der Waals surface area contributed by atoms with Crippen LogP contribution in [-0.4, -0.2) is 157 Å². The van der Waals surface area contributed by atoms with Gasteiger partial charge in [-0.3, -0.25) is 43.2 Å². The number of nitrogens with one attached hydrogen (secondary N) is 8. The molecule has 2 bridgehead atoms. The summed E-state index contributed by atoms with van der Waals surface area (Å²) in [4.78, 5) is 131. The molecule has 24 heteroatoms. The molecule has 4 heterocycles. The number of carbonyl (C=O) groups is 9. The molecule has 5 rings (SSSR count). The third kappa shape index (κ3) is 13.4. The first-order chi connectivity index (χ1) is 32.7. The number of rotatable bonds is 9. The van der Waals surface area contributed by atoms with Crippen LogP contribution in [0, 0.1) is 11.8 Å². The summed E-state index contributed by atoms with van der Waals surface area (Å²) in [5.41, 5.74) is 6.62. The summed E-state index contributed by atoms with van der Waals surface area (Å²) in [6.45, 7) is 15.6. The summed E-state index contributed by atoms with van der Waals surface area (Å²) >= 11 is 1.05. The Morgan fingerprint density at radius 1 is 0.871 bits per heavy atom.